The second-order valence-electron chi connectivity index (χ2n) is 5.17. The first-order valence-corrected chi connectivity index (χ1v) is 7.86. The highest BCUT2D eigenvalue weighted by Crippen LogP contribution is 2.26. The van der Waals surface area contributed by atoms with Crippen LogP contribution in [-0.2, 0) is 19.4 Å². The van der Waals surface area contributed by atoms with Crippen LogP contribution >= 0.6 is 11.3 Å². The molecule has 3 aromatic rings. The minimum atomic E-state index is 0.0551. The summed E-state index contributed by atoms with van der Waals surface area (Å²) in [5, 5.41) is 1.91. The monoisotopic (exact) mass is 298 g/mol. The lowest BCUT2D eigenvalue weighted by molar-refractivity contribution is 0.357. The van der Waals surface area contributed by atoms with Crippen LogP contribution in [0.1, 0.15) is 11.1 Å². The molecule has 3 heterocycles. The molecular formula is C16H14N2O2S. The molecule has 0 saturated carbocycles. The molecule has 0 spiro atoms. The Labute approximate surface area is 125 Å². The van der Waals surface area contributed by atoms with Gasteiger partial charge in [0, 0.05) is 13.0 Å². The Bertz CT molecular complexity index is 866. The lowest BCUT2D eigenvalue weighted by Crippen LogP contribution is -2.20. The van der Waals surface area contributed by atoms with Crippen molar-refractivity contribution in [1.29, 1.82) is 0 Å². The molecule has 1 aliphatic rings. The minimum Gasteiger partial charge on any atom is -0.493 e. The third-order valence-electron chi connectivity index (χ3n) is 3.83. The maximum absolute atomic E-state index is 12.3. The zero-order valence-electron chi connectivity index (χ0n) is 11.4. The SMILES string of the molecule is O=c1c2sccc2ncn1CCc1ccc2c(c1)CCO2. The molecule has 0 atom stereocenters. The van der Waals surface area contributed by atoms with Gasteiger partial charge in [0.1, 0.15) is 10.4 Å². The van der Waals surface area contributed by atoms with E-state index in [0.717, 1.165) is 35.4 Å². The second-order valence-corrected chi connectivity index (χ2v) is 6.08. The number of aryl methyl sites for hydroxylation is 2. The Morgan fingerprint density at radius 1 is 1.33 bits per heavy atom. The number of nitrogens with zero attached hydrogens (tertiary/aromatic N) is 2. The number of ether oxygens (including phenoxy) is 1. The highest BCUT2D eigenvalue weighted by Gasteiger charge is 2.12. The average molecular weight is 298 g/mol. The van der Waals surface area contributed by atoms with Gasteiger partial charge in [0.25, 0.3) is 5.56 Å². The van der Waals surface area contributed by atoms with Crippen LogP contribution in [-0.4, -0.2) is 16.2 Å². The van der Waals surface area contributed by atoms with Crippen molar-refractivity contribution in [2.45, 2.75) is 19.4 Å². The Kier molecular flexibility index (Phi) is 3.00. The molecule has 0 aliphatic carbocycles. The third kappa shape index (κ3) is 2.23. The van der Waals surface area contributed by atoms with E-state index < -0.39 is 0 Å². The van der Waals surface area contributed by atoms with E-state index in [4.69, 9.17) is 4.74 Å². The van der Waals surface area contributed by atoms with Gasteiger partial charge in [0.15, 0.2) is 0 Å². The Hall–Kier alpha value is -2.14. The number of fused-ring (bicyclic) bond motifs is 2. The van der Waals surface area contributed by atoms with E-state index in [1.165, 1.54) is 22.5 Å². The standard InChI is InChI=1S/C16H14N2O2S/c19-16-15-13(5-8-21-15)17-10-18(16)6-3-11-1-2-14-12(9-11)4-7-20-14/h1-2,5,8-10H,3-4,6-7H2. The number of hydrogen-bond acceptors (Lipinski definition) is 4. The Balaban J connectivity index is 1.58. The summed E-state index contributed by atoms with van der Waals surface area (Å²) in [5.41, 5.74) is 3.35. The van der Waals surface area contributed by atoms with Crippen molar-refractivity contribution in [2.75, 3.05) is 6.61 Å². The molecule has 0 N–H and O–H groups in total. The maximum atomic E-state index is 12.3. The first-order valence-electron chi connectivity index (χ1n) is 6.98. The number of benzene rings is 1. The van der Waals surface area contributed by atoms with Gasteiger partial charge in [-0.05, 0) is 35.1 Å². The second kappa shape index (κ2) is 5.00. The molecule has 0 saturated heterocycles. The summed E-state index contributed by atoms with van der Waals surface area (Å²) in [4.78, 5) is 16.6. The molecular weight excluding hydrogens is 284 g/mol. The van der Waals surface area contributed by atoms with Crippen molar-refractivity contribution in [1.82, 2.24) is 9.55 Å². The molecule has 5 heteroatoms. The van der Waals surface area contributed by atoms with Crippen molar-refractivity contribution >= 4 is 21.6 Å². The minimum absolute atomic E-state index is 0.0551. The van der Waals surface area contributed by atoms with Crippen LogP contribution in [0, 0.1) is 0 Å². The highest BCUT2D eigenvalue weighted by atomic mass is 32.1. The van der Waals surface area contributed by atoms with E-state index in [2.05, 4.69) is 17.1 Å². The molecule has 4 rings (SSSR count). The van der Waals surface area contributed by atoms with Gasteiger partial charge >= 0.3 is 0 Å². The first kappa shape index (κ1) is 12.6. The molecule has 4 nitrogen and oxygen atoms in total. The van der Waals surface area contributed by atoms with E-state index in [0.29, 0.717) is 6.54 Å². The van der Waals surface area contributed by atoms with Crippen LogP contribution in [0.4, 0.5) is 0 Å². The van der Waals surface area contributed by atoms with Gasteiger partial charge < -0.3 is 4.74 Å². The number of rotatable bonds is 3. The van der Waals surface area contributed by atoms with E-state index in [9.17, 15) is 4.79 Å². The molecule has 21 heavy (non-hydrogen) atoms. The summed E-state index contributed by atoms with van der Waals surface area (Å²) in [6.45, 7) is 1.43. The van der Waals surface area contributed by atoms with E-state index in [1.54, 1.807) is 10.9 Å². The van der Waals surface area contributed by atoms with Crippen molar-refractivity contribution in [3.8, 4) is 5.75 Å². The molecule has 0 amide bonds. The number of hydrogen-bond donors (Lipinski definition) is 0. The summed E-state index contributed by atoms with van der Waals surface area (Å²) in [6, 6.07) is 8.17. The van der Waals surface area contributed by atoms with E-state index in [1.807, 2.05) is 17.5 Å². The summed E-state index contributed by atoms with van der Waals surface area (Å²) >= 11 is 1.45. The normalized spacial score (nSPS) is 13.3. The first-order chi connectivity index (χ1) is 10.3. The fourth-order valence-corrected chi connectivity index (χ4v) is 3.48. The lowest BCUT2D eigenvalue weighted by atomic mass is 10.1. The van der Waals surface area contributed by atoms with Gasteiger partial charge in [0.2, 0.25) is 0 Å². The average Bonchev–Trinajstić information content (AvgIpc) is 3.15. The fraction of sp³-hybridized carbons (Fsp3) is 0.250. The van der Waals surface area contributed by atoms with Gasteiger partial charge in [-0.25, -0.2) is 4.98 Å². The zero-order valence-corrected chi connectivity index (χ0v) is 12.2. The number of aromatic nitrogens is 2. The van der Waals surface area contributed by atoms with Crippen LogP contribution in [0.15, 0.2) is 40.8 Å². The summed E-state index contributed by atoms with van der Waals surface area (Å²) < 4.78 is 7.94. The molecule has 1 aliphatic heterocycles. The summed E-state index contributed by atoms with van der Waals surface area (Å²) in [6.07, 6.45) is 3.45. The van der Waals surface area contributed by atoms with Gasteiger partial charge in [-0.3, -0.25) is 9.36 Å². The number of thiophene rings is 1. The van der Waals surface area contributed by atoms with Gasteiger partial charge in [0.05, 0.1) is 18.5 Å². The van der Waals surface area contributed by atoms with Crippen LogP contribution in [0.2, 0.25) is 0 Å². The molecule has 0 bridgehead atoms. The summed E-state index contributed by atoms with van der Waals surface area (Å²) in [7, 11) is 0. The molecule has 0 unspecified atom stereocenters. The fourth-order valence-electron chi connectivity index (χ4n) is 2.68. The Morgan fingerprint density at radius 3 is 3.24 bits per heavy atom. The largest absolute Gasteiger partial charge is 0.493 e. The van der Waals surface area contributed by atoms with Crippen molar-refractivity contribution in [3.63, 3.8) is 0 Å². The van der Waals surface area contributed by atoms with Crippen LogP contribution in [0.3, 0.4) is 0 Å². The molecule has 1 aromatic carbocycles. The van der Waals surface area contributed by atoms with Gasteiger partial charge in [-0.1, -0.05) is 12.1 Å². The molecule has 0 fully saturated rings. The Morgan fingerprint density at radius 2 is 2.29 bits per heavy atom. The maximum Gasteiger partial charge on any atom is 0.271 e. The topological polar surface area (TPSA) is 44.1 Å². The smallest absolute Gasteiger partial charge is 0.271 e. The molecule has 0 radical (unpaired) electrons. The van der Waals surface area contributed by atoms with Gasteiger partial charge in [-0.2, -0.15) is 0 Å². The van der Waals surface area contributed by atoms with Crippen molar-refractivity contribution in [2.24, 2.45) is 0 Å². The third-order valence-corrected chi connectivity index (χ3v) is 4.72. The van der Waals surface area contributed by atoms with Crippen LogP contribution < -0.4 is 10.3 Å². The van der Waals surface area contributed by atoms with Crippen LogP contribution in [0.25, 0.3) is 10.2 Å². The van der Waals surface area contributed by atoms with E-state index >= 15 is 0 Å². The van der Waals surface area contributed by atoms with Gasteiger partial charge in [-0.15, -0.1) is 11.3 Å². The predicted octanol–water partition coefficient (Wildman–Crippen LogP) is 2.64. The van der Waals surface area contributed by atoms with Crippen molar-refractivity contribution in [3.05, 3.63) is 57.5 Å². The zero-order chi connectivity index (χ0) is 14.2. The molecule has 106 valence electrons. The van der Waals surface area contributed by atoms with Crippen LogP contribution in [0.5, 0.6) is 5.75 Å². The predicted molar refractivity (Wildman–Crippen MR) is 83.2 cm³/mol. The summed E-state index contributed by atoms with van der Waals surface area (Å²) in [5.74, 6) is 0.998. The van der Waals surface area contributed by atoms with Crippen molar-refractivity contribution < 1.29 is 4.74 Å². The quantitative estimate of drug-likeness (QED) is 0.746. The van der Waals surface area contributed by atoms with E-state index in [-0.39, 0.29) is 5.56 Å². The molecule has 2 aromatic heterocycles. The lowest BCUT2D eigenvalue weighted by Gasteiger charge is -2.07. The highest BCUT2D eigenvalue weighted by molar-refractivity contribution is 7.17.